The average Bonchev–Trinajstić information content (AvgIpc) is 2.30. The van der Waals surface area contributed by atoms with Crippen molar-refractivity contribution in [3.8, 4) is 0 Å². The molecule has 0 radical (unpaired) electrons. The third-order valence-corrected chi connectivity index (χ3v) is 3.27. The Bertz CT molecular complexity index is 310. The van der Waals surface area contributed by atoms with Gasteiger partial charge >= 0.3 is 0 Å². The van der Waals surface area contributed by atoms with Crippen LogP contribution >= 0.6 is 11.6 Å². The molecule has 1 saturated heterocycles. The van der Waals surface area contributed by atoms with Crippen molar-refractivity contribution in [1.29, 1.82) is 0 Å². The maximum atomic E-state index is 5.89. The molecular weight excluding hydrogens is 208 g/mol. The van der Waals surface area contributed by atoms with Crippen molar-refractivity contribution >= 4 is 11.6 Å². The number of nitrogens with one attached hydrogen (secondary N) is 1. The minimum atomic E-state index is 0.501. The van der Waals surface area contributed by atoms with Gasteiger partial charge in [0, 0.05) is 30.7 Å². The van der Waals surface area contributed by atoms with Crippen molar-refractivity contribution < 1.29 is 0 Å². The lowest BCUT2D eigenvalue weighted by molar-refractivity contribution is 0.171. The summed E-state index contributed by atoms with van der Waals surface area (Å²) in [6.45, 7) is 6.58. The Kier molecular flexibility index (Phi) is 3.62. The standard InChI is InChI=1S/C12H17ClN2/c1-2-15-8-7-14-9-12(15)10-3-5-11(13)6-4-10/h3-6,12,14H,2,7-9H2,1H3. The van der Waals surface area contributed by atoms with Crippen molar-refractivity contribution in [1.82, 2.24) is 10.2 Å². The number of nitrogens with zero attached hydrogens (tertiary/aromatic N) is 1. The highest BCUT2D eigenvalue weighted by atomic mass is 35.5. The second kappa shape index (κ2) is 4.97. The fraction of sp³-hybridized carbons (Fsp3) is 0.500. The van der Waals surface area contributed by atoms with Gasteiger partial charge < -0.3 is 5.32 Å². The number of hydrogen-bond acceptors (Lipinski definition) is 2. The Hall–Kier alpha value is -0.570. The number of halogens is 1. The predicted octanol–water partition coefficient (Wildman–Crippen LogP) is 2.31. The molecule has 1 aliphatic rings. The highest BCUT2D eigenvalue weighted by Crippen LogP contribution is 2.23. The van der Waals surface area contributed by atoms with Crippen LogP contribution in [0.15, 0.2) is 24.3 Å². The number of likely N-dealkylation sites (N-methyl/N-ethyl adjacent to an activating group) is 1. The lowest BCUT2D eigenvalue weighted by atomic mass is 10.0. The summed E-state index contributed by atoms with van der Waals surface area (Å²) in [5.41, 5.74) is 1.36. The van der Waals surface area contributed by atoms with Gasteiger partial charge in [-0.1, -0.05) is 30.7 Å². The predicted molar refractivity (Wildman–Crippen MR) is 64.3 cm³/mol. The van der Waals surface area contributed by atoms with Crippen molar-refractivity contribution in [2.45, 2.75) is 13.0 Å². The third kappa shape index (κ3) is 2.51. The van der Waals surface area contributed by atoms with Crippen LogP contribution in [0.3, 0.4) is 0 Å². The second-order valence-electron chi connectivity index (χ2n) is 3.90. The summed E-state index contributed by atoms with van der Waals surface area (Å²) in [6.07, 6.45) is 0. The van der Waals surface area contributed by atoms with Gasteiger partial charge in [0.1, 0.15) is 0 Å². The van der Waals surface area contributed by atoms with E-state index in [1.165, 1.54) is 5.56 Å². The van der Waals surface area contributed by atoms with Gasteiger partial charge in [0.05, 0.1) is 0 Å². The molecule has 0 spiro atoms. The fourth-order valence-corrected chi connectivity index (χ4v) is 2.26. The lowest BCUT2D eigenvalue weighted by Crippen LogP contribution is -2.45. The molecule has 0 amide bonds. The highest BCUT2D eigenvalue weighted by Gasteiger charge is 2.21. The first kappa shape index (κ1) is 10.9. The molecule has 0 aliphatic carbocycles. The van der Waals surface area contributed by atoms with E-state index in [1.807, 2.05) is 12.1 Å². The van der Waals surface area contributed by atoms with Crippen LogP contribution in [-0.4, -0.2) is 31.1 Å². The summed E-state index contributed by atoms with van der Waals surface area (Å²) < 4.78 is 0. The van der Waals surface area contributed by atoms with Gasteiger partial charge in [-0.3, -0.25) is 4.90 Å². The molecule has 1 heterocycles. The molecular formula is C12H17ClN2. The lowest BCUT2D eigenvalue weighted by Gasteiger charge is -2.35. The fourth-order valence-electron chi connectivity index (χ4n) is 2.14. The van der Waals surface area contributed by atoms with Crippen LogP contribution < -0.4 is 5.32 Å². The molecule has 1 fully saturated rings. The van der Waals surface area contributed by atoms with Crippen molar-refractivity contribution in [3.63, 3.8) is 0 Å². The summed E-state index contributed by atoms with van der Waals surface area (Å²) in [7, 11) is 0. The van der Waals surface area contributed by atoms with Crippen LogP contribution in [0.2, 0.25) is 5.02 Å². The van der Waals surface area contributed by atoms with Gasteiger partial charge in [-0.25, -0.2) is 0 Å². The molecule has 2 rings (SSSR count). The van der Waals surface area contributed by atoms with Crippen LogP contribution in [0.4, 0.5) is 0 Å². The van der Waals surface area contributed by atoms with Gasteiger partial charge in [0.2, 0.25) is 0 Å². The smallest absolute Gasteiger partial charge is 0.0473 e. The van der Waals surface area contributed by atoms with E-state index in [9.17, 15) is 0 Å². The molecule has 1 aromatic carbocycles. The molecule has 2 nitrogen and oxygen atoms in total. The van der Waals surface area contributed by atoms with Crippen LogP contribution in [0, 0.1) is 0 Å². The van der Waals surface area contributed by atoms with E-state index >= 15 is 0 Å². The van der Waals surface area contributed by atoms with Crippen LogP contribution in [0.5, 0.6) is 0 Å². The molecule has 1 atom stereocenters. The van der Waals surface area contributed by atoms with E-state index < -0.39 is 0 Å². The second-order valence-corrected chi connectivity index (χ2v) is 4.34. The van der Waals surface area contributed by atoms with Crippen LogP contribution in [-0.2, 0) is 0 Å². The maximum Gasteiger partial charge on any atom is 0.0473 e. The summed E-state index contributed by atoms with van der Waals surface area (Å²) in [6, 6.07) is 8.70. The molecule has 0 aromatic heterocycles. The normalized spacial score (nSPS) is 22.9. The summed E-state index contributed by atoms with van der Waals surface area (Å²) in [5.74, 6) is 0. The van der Waals surface area contributed by atoms with Gasteiger partial charge in [-0.2, -0.15) is 0 Å². The number of piperazine rings is 1. The maximum absolute atomic E-state index is 5.89. The Balaban J connectivity index is 2.16. The first-order valence-electron chi connectivity index (χ1n) is 5.51. The monoisotopic (exact) mass is 224 g/mol. The van der Waals surface area contributed by atoms with Crippen LogP contribution in [0.1, 0.15) is 18.5 Å². The minimum absolute atomic E-state index is 0.501. The largest absolute Gasteiger partial charge is 0.314 e. The Morgan fingerprint density at radius 2 is 2.13 bits per heavy atom. The molecule has 1 unspecified atom stereocenters. The Morgan fingerprint density at radius 1 is 1.40 bits per heavy atom. The molecule has 15 heavy (non-hydrogen) atoms. The van der Waals surface area contributed by atoms with E-state index in [-0.39, 0.29) is 0 Å². The van der Waals surface area contributed by atoms with Crippen molar-refractivity contribution in [3.05, 3.63) is 34.9 Å². The van der Waals surface area contributed by atoms with E-state index in [2.05, 4.69) is 29.3 Å². The molecule has 0 bridgehead atoms. The highest BCUT2D eigenvalue weighted by molar-refractivity contribution is 6.30. The average molecular weight is 225 g/mol. The van der Waals surface area contributed by atoms with Gasteiger partial charge in [0.25, 0.3) is 0 Å². The summed E-state index contributed by atoms with van der Waals surface area (Å²) in [5, 5.41) is 4.25. The van der Waals surface area contributed by atoms with Crippen molar-refractivity contribution in [2.24, 2.45) is 0 Å². The molecule has 1 aliphatic heterocycles. The zero-order chi connectivity index (χ0) is 10.7. The minimum Gasteiger partial charge on any atom is -0.314 e. The zero-order valence-corrected chi connectivity index (χ0v) is 9.80. The number of hydrogen-bond donors (Lipinski definition) is 1. The Labute approximate surface area is 96.2 Å². The summed E-state index contributed by atoms with van der Waals surface area (Å²) >= 11 is 5.89. The van der Waals surface area contributed by atoms with E-state index in [0.29, 0.717) is 6.04 Å². The van der Waals surface area contributed by atoms with E-state index in [0.717, 1.165) is 31.2 Å². The zero-order valence-electron chi connectivity index (χ0n) is 9.04. The molecule has 0 saturated carbocycles. The number of benzene rings is 1. The molecule has 82 valence electrons. The molecule has 1 aromatic rings. The quantitative estimate of drug-likeness (QED) is 0.830. The van der Waals surface area contributed by atoms with E-state index in [4.69, 9.17) is 11.6 Å². The summed E-state index contributed by atoms with van der Waals surface area (Å²) in [4.78, 5) is 2.50. The van der Waals surface area contributed by atoms with Crippen LogP contribution in [0.25, 0.3) is 0 Å². The topological polar surface area (TPSA) is 15.3 Å². The Morgan fingerprint density at radius 3 is 2.80 bits per heavy atom. The first-order valence-corrected chi connectivity index (χ1v) is 5.89. The van der Waals surface area contributed by atoms with Gasteiger partial charge in [-0.15, -0.1) is 0 Å². The molecule has 1 N–H and O–H groups in total. The third-order valence-electron chi connectivity index (χ3n) is 3.02. The SMILES string of the molecule is CCN1CCNCC1c1ccc(Cl)cc1. The number of rotatable bonds is 2. The first-order chi connectivity index (χ1) is 7.31. The van der Waals surface area contributed by atoms with Gasteiger partial charge in [-0.05, 0) is 24.2 Å². The molecule has 3 heteroatoms. The van der Waals surface area contributed by atoms with E-state index in [1.54, 1.807) is 0 Å². The van der Waals surface area contributed by atoms with Gasteiger partial charge in [0.15, 0.2) is 0 Å². The van der Waals surface area contributed by atoms with Crippen molar-refractivity contribution in [2.75, 3.05) is 26.2 Å².